The molecule has 3 amide bonds. The molecule has 1 atom stereocenters. The molecule has 9 rings (SSSR count). The summed E-state index contributed by atoms with van der Waals surface area (Å²) in [6.07, 6.45) is 3.00. The van der Waals surface area contributed by atoms with Crippen LogP contribution in [0.4, 0.5) is 5.69 Å². The maximum atomic E-state index is 14.1. The molecule has 13 heteroatoms. The summed E-state index contributed by atoms with van der Waals surface area (Å²) in [5, 5.41) is 3.58. The van der Waals surface area contributed by atoms with Crippen molar-refractivity contribution in [3.63, 3.8) is 0 Å². The molecule has 1 aromatic heterocycles. The minimum absolute atomic E-state index is 0.106. The maximum Gasteiger partial charge on any atom is 0.566 e. The minimum atomic E-state index is -1.78. The number of carbonyl (C=O) groups excluding carboxylic acids is 4. The van der Waals surface area contributed by atoms with Crippen LogP contribution in [0.2, 0.25) is 0 Å². The lowest BCUT2D eigenvalue weighted by atomic mass is 9.76. The summed E-state index contributed by atoms with van der Waals surface area (Å²) in [7, 11) is -1.16. The highest BCUT2D eigenvalue weighted by atomic mass is 16.7. The predicted molar refractivity (Wildman–Crippen MR) is 243 cm³/mol. The molecule has 3 saturated heterocycles. The third kappa shape index (κ3) is 8.64. The Morgan fingerprint density at radius 3 is 1.94 bits per heavy atom. The molecule has 1 unspecified atom stereocenters. The van der Waals surface area contributed by atoms with E-state index in [4.69, 9.17) is 20.8 Å². The van der Waals surface area contributed by atoms with Crippen LogP contribution in [0.25, 0.3) is 10.9 Å². The van der Waals surface area contributed by atoms with Crippen molar-refractivity contribution in [2.24, 2.45) is 11.5 Å². The summed E-state index contributed by atoms with van der Waals surface area (Å²) in [4.78, 5) is 62.6. The predicted octanol–water partition coefficient (Wildman–Crippen LogP) is 6.32. The molecule has 3 aliphatic heterocycles. The number of carbonyl (C=O) groups is 4. The van der Waals surface area contributed by atoms with Crippen molar-refractivity contribution in [2.45, 2.75) is 62.6 Å². The van der Waals surface area contributed by atoms with Gasteiger partial charge in [-0.1, -0.05) is 97.1 Å². The van der Waals surface area contributed by atoms with E-state index in [-0.39, 0.29) is 18.2 Å². The van der Waals surface area contributed by atoms with Gasteiger partial charge in [-0.05, 0) is 95.7 Å². The molecule has 12 nitrogen and oxygen atoms in total. The van der Waals surface area contributed by atoms with Gasteiger partial charge in [0.1, 0.15) is 5.69 Å². The van der Waals surface area contributed by atoms with E-state index in [1.807, 2.05) is 52.3 Å². The van der Waals surface area contributed by atoms with Gasteiger partial charge in [0.15, 0.2) is 5.60 Å². The minimum Gasteiger partial charge on any atom is -0.503 e. The highest BCUT2D eigenvalue weighted by molar-refractivity contribution is 6.67. The number of amides is 3. The third-order valence-electron chi connectivity index (χ3n) is 13.0. The molecule has 3 aliphatic rings. The van der Waals surface area contributed by atoms with E-state index < -0.39 is 24.6 Å². The summed E-state index contributed by atoms with van der Waals surface area (Å²) in [5.74, 6) is -0.702. The monoisotopic (exact) mass is 842 g/mol. The Morgan fingerprint density at radius 1 is 0.698 bits per heavy atom. The van der Waals surface area contributed by atoms with Crippen LogP contribution in [0.1, 0.15) is 92.6 Å². The molecule has 0 aliphatic carbocycles. The second kappa shape index (κ2) is 18.1. The molecule has 5 aromatic carbocycles. The molecule has 320 valence electrons. The van der Waals surface area contributed by atoms with E-state index in [0.29, 0.717) is 90.0 Å². The molecular weight excluding hydrogens is 791 g/mol. The fourth-order valence-electron chi connectivity index (χ4n) is 9.48. The second-order valence-corrected chi connectivity index (χ2v) is 16.9. The van der Waals surface area contributed by atoms with Crippen LogP contribution < -0.4 is 22.2 Å². The lowest BCUT2D eigenvalue weighted by Gasteiger charge is -2.32. The Balaban J connectivity index is 0.879. The molecule has 0 bridgehead atoms. The summed E-state index contributed by atoms with van der Waals surface area (Å²) in [6.45, 7) is 3.46. The molecule has 0 saturated carbocycles. The number of aromatic nitrogens is 1. The van der Waals surface area contributed by atoms with Gasteiger partial charge >= 0.3 is 13.1 Å². The van der Waals surface area contributed by atoms with Crippen LogP contribution in [0.5, 0.6) is 0 Å². The molecule has 63 heavy (non-hydrogen) atoms. The van der Waals surface area contributed by atoms with Crippen LogP contribution >= 0.6 is 0 Å². The average Bonchev–Trinajstić information content (AvgIpc) is 3.93. The quantitative estimate of drug-likeness (QED) is 0.110. The van der Waals surface area contributed by atoms with Crippen molar-refractivity contribution in [1.29, 1.82) is 0 Å². The summed E-state index contributed by atoms with van der Waals surface area (Å²) in [6, 6.07) is 39.7. The number of nitrogens with zero attached hydrogens (tertiary/aromatic N) is 2. The van der Waals surface area contributed by atoms with Gasteiger partial charge in [0.25, 0.3) is 11.8 Å². The molecule has 4 heterocycles. The largest absolute Gasteiger partial charge is 0.566 e. The van der Waals surface area contributed by atoms with E-state index in [1.165, 1.54) is 11.1 Å². The highest BCUT2D eigenvalue weighted by Crippen LogP contribution is 2.38. The standard InChI is InChI=1S/C50H51BN6O6/c52-31-33-8-4-10-37(26-33)35-18-22-56(23-19-35)47(59)39-12-6-15-41(28-39)54-46(58)30-50(40-13-2-1-3-14-40)49(61)62-51(63-50)43-16-7-17-44-42(43)29-45(55-44)48(60)57-24-20-36(21-25-57)38-11-5-9-34(27-38)32-53/h1-17,26-29,35-36,55H,18-25,30-32,52-53H2,(H,54,58). The number of H-pyrrole nitrogens is 1. The zero-order valence-electron chi connectivity index (χ0n) is 35.1. The van der Waals surface area contributed by atoms with Gasteiger partial charge in [-0.25, -0.2) is 0 Å². The Kier molecular flexibility index (Phi) is 12.0. The van der Waals surface area contributed by atoms with Gasteiger partial charge in [-0.15, -0.1) is 0 Å². The van der Waals surface area contributed by atoms with Crippen LogP contribution in [0.3, 0.4) is 0 Å². The number of piperidine rings is 2. The fraction of sp³-hybridized carbons (Fsp3) is 0.280. The smallest absolute Gasteiger partial charge is 0.503 e. The van der Waals surface area contributed by atoms with Crippen LogP contribution in [0, 0.1) is 0 Å². The lowest BCUT2D eigenvalue weighted by Crippen LogP contribution is -2.40. The van der Waals surface area contributed by atoms with E-state index in [1.54, 1.807) is 60.7 Å². The first-order valence-corrected chi connectivity index (χ1v) is 21.8. The second-order valence-electron chi connectivity index (χ2n) is 16.9. The zero-order valence-corrected chi connectivity index (χ0v) is 35.1. The van der Waals surface area contributed by atoms with Gasteiger partial charge in [0, 0.05) is 66.9 Å². The van der Waals surface area contributed by atoms with Crippen LogP contribution in [0.15, 0.2) is 127 Å². The number of hydrogen-bond donors (Lipinski definition) is 4. The van der Waals surface area contributed by atoms with Crippen molar-refractivity contribution in [1.82, 2.24) is 14.8 Å². The van der Waals surface area contributed by atoms with Gasteiger partial charge in [-0.2, -0.15) is 0 Å². The number of fused-ring (bicyclic) bond motifs is 1. The number of aromatic amines is 1. The first-order valence-electron chi connectivity index (χ1n) is 21.8. The van der Waals surface area contributed by atoms with E-state index in [0.717, 1.165) is 36.8 Å². The molecule has 6 N–H and O–H groups in total. The van der Waals surface area contributed by atoms with Crippen molar-refractivity contribution in [3.05, 3.63) is 166 Å². The SMILES string of the molecule is NCc1cccc(C2CCN(C(=O)c3cccc(NC(=O)CC4(c5ccccc5)OB(c5cccc6[nH]c(C(=O)N7CCC(c8cccc(CN)c8)CC7)cc56)OC4=O)c3)CC2)c1. The van der Waals surface area contributed by atoms with Gasteiger partial charge in [0.2, 0.25) is 5.91 Å². The molecular formula is C50H51BN6O6. The Labute approximate surface area is 367 Å². The van der Waals surface area contributed by atoms with E-state index in [9.17, 15) is 19.2 Å². The van der Waals surface area contributed by atoms with Gasteiger partial charge < -0.3 is 40.9 Å². The number of hydrogen-bond acceptors (Lipinski definition) is 8. The molecule has 3 fully saturated rings. The molecule has 0 radical (unpaired) electrons. The van der Waals surface area contributed by atoms with Crippen molar-refractivity contribution >= 4 is 52.9 Å². The number of anilines is 1. The summed E-state index contributed by atoms with van der Waals surface area (Å²) >= 11 is 0. The number of likely N-dealkylation sites (tertiary alicyclic amines) is 2. The Morgan fingerprint density at radius 2 is 1.30 bits per heavy atom. The summed E-state index contributed by atoms with van der Waals surface area (Å²) < 4.78 is 12.6. The number of rotatable bonds is 11. The Hall–Kier alpha value is -6.54. The normalized spacial score (nSPS) is 18.4. The van der Waals surface area contributed by atoms with E-state index in [2.05, 4.69) is 34.6 Å². The van der Waals surface area contributed by atoms with Crippen molar-refractivity contribution in [3.8, 4) is 0 Å². The van der Waals surface area contributed by atoms with Gasteiger partial charge in [0.05, 0.1) is 6.42 Å². The summed E-state index contributed by atoms with van der Waals surface area (Å²) in [5.41, 5.74) is 17.7. The number of benzene rings is 5. The number of nitrogens with one attached hydrogen (secondary N) is 2. The van der Waals surface area contributed by atoms with Crippen LogP contribution in [-0.2, 0) is 37.6 Å². The van der Waals surface area contributed by atoms with Crippen LogP contribution in [-0.4, -0.2) is 71.8 Å². The molecule has 0 spiro atoms. The maximum absolute atomic E-state index is 14.1. The average molecular weight is 843 g/mol. The fourth-order valence-corrected chi connectivity index (χ4v) is 9.48. The van der Waals surface area contributed by atoms with E-state index >= 15 is 0 Å². The first-order chi connectivity index (χ1) is 30.7. The Bertz CT molecular complexity index is 2650. The van der Waals surface area contributed by atoms with Gasteiger partial charge in [-0.3, -0.25) is 19.2 Å². The lowest BCUT2D eigenvalue weighted by molar-refractivity contribution is -0.146. The third-order valence-corrected chi connectivity index (χ3v) is 13.0. The number of nitrogens with two attached hydrogens (primary N) is 2. The van der Waals surface area contributed by atoms with Crippen molar-refractivity contribution < 1.29 is 28.5 Å². The zero-order chi connectivity index (χ0) is 43.5. The first kappa shape index (κ1) is 41.8. The van der Waals surface area contributed by atoms with Crippen molar-refractivity contribution in [2.75, 3.05) is 31.5 Å². The topological polar surface area (TPSA) is 173 Å². The molecule has 6 aromatic rings. The highest BCUT2D eigenvalue weighted by Gasteiger charge is 2.56.